The standard InChI is InChI=1S/C18H18FNO4S/c1-11-2-8-14(9-3-11)25(23,24)16-15(18(16,10-20)17(21)22)12-4-6-13(19)7-5-12/h2-9,15-16H,10,20H2,1H3,(H,21,22)/t15-,16+,18-/m0/s1. The summed E-state index contributed by atoms with van der Waals surface area (Å²) in [4.78, 5) is 12.0. The molecule has 0 saturated heterocycles. The van der Waals surface area contributed by atoms with Crippen molar-refractivity contribution in [2.75, 3.05) is 6.54 Å². The molecule has 0 spiro atoms. The van der Waals surface area contributed by atoms with E-state index in [9.17, 15) is 22.7 Å². The zero-order chi connectivity index (χ0) is 18.4. The molecule has 1 aliphatic carbocycles. The van der Waals surface area contributed by atoms with Gasteiger partial charge in [0.2, 0.25) is 0 Å². The number of nitrogens with two attached hydrogens (primary N) is 1. The summed E-state index contributed by atoms with van der Waals surface area (Å²) in [5.74, 6) is -2.55. The van der Waals surface area contributed by atoms with E-state index in [1.165, 1.54) is 36.4 Å². The van der Waals surface area contributed by atoms with Crippen LogP contribution in [0.2, 0.25) is 0 Å². The Kier molecular flexibility index (Phi) is 4.17. The lowest BCUT2D eigenvalue weighted by Gasteiger charge is -2.10. The van der Waals surface area contributed by atoms with Gasteiger partial charge in [-0.1, -0.05) is 29.8 Å². The Morgan fingerprint density at radius 3 is 2.20 bits per heavy atom. The number of benzene rings is 2. The minimum Gasteiger partial charge on any atom is -0.481 e. The van der Waals surface area contributed by atoms with E-state index < -0.39 is 38.2 Å². The molecule has 1 aliphatic rings. The van der Waals surface area contributed by atoms with Crippen LogP contribution in [-0.2, 0) is 14.6 Å². The number of rotatable bonds is 5. The monoisotopic (exact) mass is 363 g/mol. The van der Waals surface area contributed by atoms with Crippen LogP contribution < -0.4 is 5.73 Å². The lowest BCUT2D eigenvalue weighted by Crippen LogP contribution is -2.31. The SMILES string of the molecule is Cc1ccc(S(=O)(=O)[C@@H]2[C@H](c3ccc(F)cc3)[C@]2(CN)C(=O)O)cc1. The van der Waals surface area contributed by atoms with Gasteiger partial charge in [0.05, 0.1) is 10.1 Å². The van der Waals surface area contributed by atoms with Crippen molar-refractivity contribution in [2.45, 2.75) is 23.0 Å². The van der Waals surface area contributed by atoms with Crippen LogP contribution in [0.4, 0.5) is 4.39 Å². The fraction of sp³-hybridized carbons (Fsp3) is 0.278. The molecule has 0 heterocycles. The van der Waals surface area contributed by atoms with Crippen molar-refractivity contribution in [3.8, 4) is 0 Å². The van der Waals surface area contributed by atoms with Crippen LogP contribution in [0.5, 0.6) is 0 Å². The molecular formula is C18H18FNO4S. The number of carboxylic acids is 1. The second-order valence-corrected chi connectivity index (χ2v) is 8.43. The molecule has 3 N–H and O–H groups in total. The van der Waals surface area contributed by atoms with E-state index in [1.807, 2.05) is 6.92 Å². The molecule has 132 valence electrons. The van der Waals surface area contributed by atoms with Gasteiger partial charge in [0.1, 0.15) is 11.2 Å². The molecule has 0 aromatic heterocycles. The maximum Gasteiger partial charge on any atom is 0.312 e. The van der Waals surface area contributed by atoms with Gasteiger partial charge in [-0.15, -0.1) is 0 Å². The van der Waals surface area contributed by atoms with Crippen LogP contribution >= 0.6 is 0 Å². The minimum absolute atomic E-state index is 0.0618. The molecule has 5 nitrogen and oxygen atoms in total. The highest BCUT2D eigenvalue weighted by molar-refractivity contribution is 7.92. The van der Waals surface area contributed by atoms with Gasteiger partial charge in [-0.3, -0.25) is 4.79 Å². The quantitative estimate of drug-likeness (QED) is 0.848. The summed E-state index contributed by atoms with van der Waals surface area (Å²) >= 11 is 0. The van der Waals surface area contributed by atoms with Gasteiger partial charge in [0.15, 0.2) is 9.84 Å². The first kappa shape index (κ1) is 17.6. The maximum atomic E-state index is 13.2. The molecule has 2 aromatic rings. The molecule has 25 heavy (non-hydrogen) atoms. The van der Waals surface area contributed by atoms with E-state index in [1.54, 1.807) is 12.1 Å². The van der Waals surface area contributed by atoms with Crippen LogP contribution in [0.1, 0.15) is 17.0 Å². The molecule has 0 bridgehead atoms. The van der Waals surface area contributed by atoms with E-state index >= 15 is 0 Å². The highest BCUT2D eigenvalue weighted by Crippen LogP contribution is 2.63. The van der Waals surface area contributed by atoms with Crippen molar-refractivity contribution < 1.29 is 22.7 Å². The Bertz CT molecular complexity index is 909. The predicted octanol–water partition coefficient (Wildman–Crippen LogP) is 2.10. The summed E-state index contributed by atoms with van der Waals surface area (Å²) in [5.41, 5.74) is 5.44. The van der Waals surface area contributed by atoms with E-state index in [-0.39, 0.29) is 11.4 Å². The molecular weight excluding hydrogens is 345 g/mol. The maximum absolute atomic E-state index is 13.2. The van der Waals surface area contributed by atoms with Crippen molar-refractivity contribution in [2.24, 2.45) is 11.1 Å². The normalized spacial score (nSPS) is 25.6. The number of aryl methyl sites for hydroxylation is 1. The predicted molar refractivity (Wildman–Crippen MR) is 90.4 cm³/mol. The van der Waals surface area contributed by atoms with Gasteiger partial charge in [-0.2, -0.15) is 0 Å². The summed E-state index contributed by atoms with van der Waals surface area (Å²) in [6.07, 6.45) is 0. The highest BCUT2D eigenvalue weighted by atomic mass is 32.2. The number of aliphatic carboxylic acids is 1. The minimum atomic E-state index is -3.91. The lowest BCUT2D eigenvalue weighted by atomic mass is 9.99. The van der Waals surface area contributed by atoms with Crippen LogP contribution in [0.15, 0.2) is 53.4 Å². The van der Waals surface area contributed by atoms with Gasteiger partial charge < -0.3 is 10.8 Å². The van der Waals surface area contributed by atoms with E-state index in [2.05, 4.69) is 0 Å². The number of hydrogen-bond acceptors (Lipinski definition) is 4. The molecule has 0 radical (unpaired) electrons. The topological polar surface area (TPSA) is 97.5 Å². The Balaban J connectivity index is 2.10. The van der Waals surface area contributed by atoms with Crippen LogP contribution in [-0.4, -0.2) is 31.3 Å². The van der Waals surface area contributed by atoms with Gasteiger partial charge >= 0.3 is 5.97 Å². The Hall–Kier alpha value is -2.25. The summed E-state index contributed by atoms with van der Waals surface area (Å²) in [6, 6.07) is 11.5. The average Bonchev–Trinajstić information content (AvgIpc) is 3.27. The smallest absolute Gasteiger partial charge is 0.312 e. The summed E-state index contributed by atoms with van der Waals surface area (Å²) in [5, 5.41) is 8.51. The Morgan fingerprint density at radius 2 is 1.72 bits per heavy atom. The van der Waals surface area contributed by atoms with Crippen molar-refractivity contribution in [1.82, 2.24) is 0 Å². The van der Waals surface area contributed by atoms with E-state index in [0.717, 1.165) is 5.56 Å². The summed E-state index contributed by atoms with van der Waals surface area (Å²) < 4.78 is 39.3. The largest absolute Gasteiger partial charge is 0.481 e. The first-order valence-corrected chi connectivity index (χ1v) is 9.29. The number of hydrogen-bond donors (Lipinski definition) is 2. The molecule has 1 saturated carbocycles. The first-order valence-electron chi connectivity index (χ1n) is 7.74. The zero-order valence-electron chi connectivity index (χ0n) is 13.5. The van der Waals surface area contributed by atoms with Crippen molar-refractivity contribution in [1.29, 1.82) is 0 Å². The molecule has 0 aliphatic heterocycles. The zero-order valence-corrected chi connectivity index (χ0v) is 14.3. The van der Waals surface area contributed by atoms with E-state index in [0.29, 0.717) is 5.56 Å². The van der Waals surface area contributed by atoms with Crippen LogP contribution in [0.3, 0.4) is 0 Å². The fourth-order valence-corrected chi connectivity index (χ4v) is 5.85. The first-order chi connectivity index (χ1) is 11.7. The molecule has 3 atom stereocenters. The molecule has 1 fully saturated rings. The second kappa shape index (κ2) is 5.93. The van der Waals surface area contributed by atoms with Crippen molar-refractivity contribution in [3.05, 3.63) is 65.5 Å². The Morgan fingerprint density at radius 1 is 1.16 bits per heavy atom. The van der Waals surface area contributed by atoms with Crippen molar-refractivity contribution >= 4 is 15.8 Å². The van der Waals surface area contributed by atoms with Gasteiger partial charge in [0, 0.05) is 12.5 Å². The van der Waals surface area contributed by atoms with Crippen LogP contribution in [0.25, 0.3) is 0 Å². The third-order valence-corrected chi connectivity index (χ3v) is 7.20. The molecule has 3 rings (SSSR count). The van der Waals surface area contributed by atoms with Gasteiger partial charge in [-0.05, 0) is 36.8 Å². The molecule has 2 aromatic carbocycles. The number of carboxylic acid groups (broad SMARTS) is 1. The van der Waals surface area contributed by atoms with E-state index in [4.69, 9.17) is 5.73 Å². The van der Waals surface area contributed by atoms with Crippen LogP contribution in [0, 0.1) is 18.2 Å². The number of halogens is 1. The summed E-state index contributed by atoms with van der Waals surface area (Å²) in [6.45, 7) is 1.51. The highest BCUT2D eigenvalue weighted by Gasteiger charge is 2.75. The number of carbonyl (C=O) groups is 1. The van der Waals surface area contributed by atoms with Gasteiger partial charge in [-0.25, -0.2) is 12.8 Å². The number of sulfone groups is 1. The average molecular weight is 363 g/mol. The fourth-order valence-electron chi connectivity index (χ4n) is 3.46. The van der Waals surface area contributed by atoms with Gasteiger partial charge in [0.25, 0.3) is 0 Å². The Labute approximate surface area is 145 Å². The summed E-state index contributed by atoms with van der Waals surface area (Å²) in [7, 11) is -3.91. The third-order valence-electron chi connectivity index (χ3n) is 4.91. The third kappa shape index (κ3) is 2.63. The second-order valence-electron chi connectivity index (χ2n) is 6.36. The molecule has 7 heteroatoms. The van der Waals surface area contributed by atoms with Crippen molar-refractivity contribution in [3.63, 3.8) is 0 Å². The lowest BCUT2D eigenvalue weighted by molar-refractivity contribution is -0.143. The molecule has 0 unspecified atom stereocenters. The molecule has 0 amide bonds.